The van der Waals surface area contributed by atoms with Gasteiger partial charge in [0.25, 0.3) is 5.91 Å². The molecule has 1 fully saturated rings. The lowest BCUT2D eigenvalue weighted by Crippen LogP contribution is -2.30. The molecule has 5 heteroatoms. The van der Waals surface area contributed by atoms with E-state index in [0.29, 0.717) is 5.69 Å². The number of likely N-dealkylation sites (tertiary alicyclic amines) is 1. The maximum absolute atomic E-state index is 12.9. The van der Waals surface area contributed by atoms with E-state index in [1.165, 1.54) is 9.13 Å². The molecule has 0 aliphatic carbocycles. The van der Waals surface area contributed by atoms with Crippen LogP contribution in [0.5, 0.6) is 0 Å². The Hall–Kier alpha value is -1.89. The van der Waals surface area contributed by atoms with Gasteiger partial charge in [-0.25, -0.2) is 4.98 Å². The third-order valence-corrected chi connectivity index (χ3v) is 5.07. The van der Waals surface area contributed by atoms with Gasteiger partial charge in [0.15, 0.2) is 0 Å². The van der Waals surface area contributed by atoms with Crippen molar-refractivity contribution in [3.63, 3.8) is 0 Å². The van der Waals surface area contributed by atoms with Crippen LogP contribution in [0, 0.1) is 3.57 Å². The first-order valence-electron chi connectivity index (χ1n) is 7.72. The van der Waals surface area contributed by atoms with Gasteiger partial charge in [0.1, 0.15) is 11.3 Å². The Kier molecular flexibility index (Phi) is 3.80. The summed E-state index contributed by atoms with van der Waals surface area (Å²) in [6.07, 6.45) is 5.79. The molecule has 0 bridgehead atoms. The van der Waals surface area contributed by atoms with Gasteiger partial charge in [-0.15, -0.1) is 0 Å². The van der Waals surface area contributed by atoms with E-state index in [0.717, 1.165) is 25.0 Å². The minimum absolute atomic E-state index is 0.0229. The van der Waals surface area contributed by atoms with Crippen molar-refractivity contribution >= 4 is 34.1 Å². The maximum atomic E-state index is 12.9. The highest BCUT2D eigenvalue weighted by atomic mass is 127. The molecule has 1 atom stereocenters. The number of amides is 1. The van der Waals surface area contributed by atoms with Crippen LogP contribution in [-0.2, 0) is 0 Å². The molecule has 1 aromatic carbocycles. The first-order valence-corrected chi connectivity index (χ1v) is 8.80. The Labute approximate surface area is 148 Å². The predicted molar refractivity (Wildman–Crippen MR) is 97.4 cm³/mol. The Morgan fingerprint density at radius 1 is 1.17 bits per heavy atom. The fraction of sp³-hybridized carbons (Fsp3) is 0.222. The average molecular weight is 417 g/mol. The second kappa shape index (κ2) is 5.96. The lowest BCUT2D eigenvalue weighted by molar-refractivity contribution is 0.0730. The van der Waals surface area contributed by atoms with Gasteiger partial charge in [-0.3, -0.25) is 4.79 Å². The van der Waals surface area contributed by atoms with Gasteiger partial charge >= 0.3 is 0 Å². The summed E-state index contributed by atoms with van der Waals surface area (Å²) in [6.45, 7) is 0.795. The zero-order valence-electron chi connectivity index (χ0n) is 12.5. The maximum Gasteiger partial charge on any atom is 0.274 e. The smallest absolute Gasteiger partial charge is 0.274 e. The van der Waals surface area contributed by atoms with E-state index >= 15 is 0 Å². The van der Waals surface area contributed by atoms with E-state index in [1.54, 1.807) is 0 Å². The standard InChI is InChI=1S/C18H16IN3O/c19-14-8-6-13(7-9-14)16-4-3-11-22(16)18(23)15-12-21-10-2-1-5-17(21)20-15/h1-2,5-10,12,16H,3-4,11H2. The van der Waals surface area contributed by atoms with Crippen molar-refractivity contribution in [2.24, 2.45) is 0 Å². The third kappa shape index (κ3) is 2.73. The zero-order valence-corrected chi connectivity index (χ0v) is 14.7. The minimum Gasteiger partial charge on any atom is -0.330 e. The summed E-state index contributed by atoms with van der Waals surface area (Å²) in [7, 11) is 0. The second-order valence-corrected chi connectivity index (χ2v) is 7.05. The van der Waals surface area contributed by atoms with Crippen LogP contribution in [0.1, 0.15) is 34.9 Å². The van der Waals surface area contributed by atoms with Crippen LogP contribution in [0.25, 0.3) is 5.65 Å². The van der Waals surface area contributed by atoms with E-state index in [1.807, 2.05) is 39.9 Å². The number of fused-ring (bicyclic) bond motifs is 1. The van der Waals surface area contributed by atoms with Crippen molar-refractivity contribution in [3.8, 4) is 0 Å². The van der Waals surface area contributed by atoms with Gasteiger partial charge in [-0.05, 0) is 65.3 Å². The Bertz CT molecular complexity index is 823. The van der Waals surface area contributed by atoms with Gasteiger partial charge in [-0.1, -0.05) is 18.2 Å². The Morgan fingerprint density at radius 2 is 2.00 bits per heavy atom. The summed E-state index contributed by atoms with van der Waals surface area (Å²) >= 11 is 2.30. The highest BCUT2D eigenvalue weighted by Crippen LogP contribution is 2.33. The van der Waals surface area contributed by atoms with E-state index in [-0.39, 0.29) is 11.9 Å². The number of benzene rings is 1. The van der Waals surface area contributed by atoms with Crippen molar-refractivity contribution in [2.75, 3.05) is 6.54 Å². The van der Waals surface area contributed by atoms with Gasteiger partial charge in [-0.2, -0.15) is 0 Å². The lowest BCUT2D eigenvalue weighted by atomic mass is 10.0. The topological polar surface area (TPSA) is 37.6 Å². The molecule has 4 rings (SSSR count). The highest BCUT2D eigenvalue weighted by Gasteiger charge is 2.31. The first-order chi connectivity index (χ1) is 11.2. The van der Waals surface area contributed by atoms with Crippen LogP contribution in [-0.4, -0.2) is 26.7 Å². The molecule has 1 saturated heterocycles. The summed E-state index contributed by atoms with van der Waals surface area (Å²) in [6, 6.07) is 14.4. The Morgan fingerprint density at radius 3 is 2.78 bits per heavy atom. The molecule has 2 aromatic heterocycles. The monoisotopic (exact) mass is 417 g/mol. The fourth-order valence-electron chi connectivity index (χ4n) is 3.23. The van der Waals surface area contributed by atoms with Crippen LogP contribution in [0.4, 0.5) is 0 Å². The highest BCUT2D eigenvalue weighted by molar-refractivity contribution is 14.1. The van der Waals surface area contributed by atoms with Crippen LogP contribution in [0.3, 0.4) is 0 Å². The molecular formula is C18H16IN3O. The van der Waals surface area contributed by atoms with E-state index in [4.69, 9.17) is 0 Å². The molecule has 116 valence electrons. The van der Waals surface area contributed by atoms with E-state index in [9.17, 15) is 4.79 Å². The molecule has 1 aliphatic rings. The number of pyridine rings is 1. The second-order valence-electron chi connectivity index (χ2n) is 5.80. The number of rotatable bonds is 2. The molecule has 0 N–H and O–H groups in total. The zero-order chi connectivity index (χ0) is 15.8. The molecule has 1 unspecified atom stereocenters. The molecule has 1 aliphatic heterocycles. The van der Waals surface area contributed by atoms with Crippen LogP contribution in [0.2, 0.25) is 0 Å². The van der Waals surface area contributed by atoms with Gasteiger partial charge in [0.2, 0.25) is 0 Å². The number of carbonyl (C=O) groups excluding carboxylic acids is 1. The first kappa shape index (κ1) is 14.7. The third-order valence-electron chi connectivity index (χ3n) is 4.35. The minimum atomic E-state index is 0.0229. The Balaban J connectivity index is 1.65. The normalized spacial score (nSPS) is 17.8. The number of nitrogens with zero attached hydrogens (tertiary/aromatic N) is 3. The van der Waals surface area contributed by atoms with Crippen molar-refractivity contribution in [3.05, 3.63) is 69.7 Å². The van der Waals surface area contributed by atoms with E-state index in [2.05, 4.69) is 51.8 Å². The van der Waals surface area contributed by atoms with Crippen LogP contribution >= 0.6 is 22.6 Å². The molecule has 1 amide bonds. The molecule has 0 spiro atoms. The number of halogens is 1. The number of hydrogen-bond donors (Lipinski definition) is 0. The summed E-state index contributed by atoms with van der Waals surface area (Å²) in [5.41, 5.74) is 2.54. The summed E-state index contributed by atoms with van der Waals surface area (Å²) < 4.78 is 3.10. The lowest BCUT2D eigenvalue weighted by Gasteiger charge is -2.24. The van der Waals surface area contributed by atoms with Gasteiger partial charge in [0.05, 0.1) is 6.04 Å². The van der Waals surface area contributed by atoms with Gasteiger partial charge in [0, 0.05) is 22.5 Å². The molecule has 4 nitrogen and oxygen atoms in total. The largest absolute Gasteiger partial charge is 0.330 e. The van der Waals surface area contributed by atoms with Crippen LogP contribution < -0.4 is 0 Å². The van der Waals surface area contributed by atoms with Crippen molar-refractivity contribution in [1.82, 2.24) is 14.3 Å². The molecule has 23 heavy (non-hydrogen) atoms. The fourth-order valence-corrected chi connectivity index (χ4v) is 3.59. The van der Waals surface area contributed by atoms with Crippen molar-refractivity contribution < 1.29 is 4.79 Å². The predicted octanol–water partition coefficient (Wildman–Crippen LogP) is 3.92. The molecule has 0 radical (unpaired) electrons. The SMILES string of the molecule is O=C(c1cn2ccccc2n1)N1CCCC1c1ccc(I)cc1. The number of hydrogen-bond acceptors (Lipinski definition) is 2. The van der Waals surface area contributed by atoms with E-state index < -0.39 is 0 Å². The van der Waals surface area contributed by atoms with Crippen LogP contribution in [0.15, 0.2) is 54.9 Å². The van der Waals surface area contributed by atoms with Crippen molar-refractivity contribution in [1.29, 1.82) is 0 Å². The number of carbonyl (C=O) groups is 1. The molecule has 0 saturated carbocycles. The summed E-state index contributed by atoms with van der Waals surface area (Å²) in [5, 5.41) is 0. The molecule has 3 heterocycles. The summed E-state index contributed by atoms with van der Waals surface area (Å²) in [4.78, 5) is 19.3. The molecular weight excluding hydrogens is 401 g/mol. The average Bonchev–Trinajstić information content (AvgIpc) is 3.21. The number of aromatic nitrogens is 2. The van der Waals surface area contributed by atoms with Gasteiger partial charge < -0.3 is 9.30 Å². The quantitative estimate of drug-likeness (QED) is 0.593. The molecule has 3 aromatic rings. The number of imidazole rings is 1. The summed E-state index contributed by atoms with van der Waals surface area (Å²) in [5.74, 6) is 0.0229. The van der Waals surface area contributed by atoms with Crippen molar-refractivity contribution in [2.45, 2.75) is 18.9 Å².